The van der Waals surface area contributed by atoms with E-state index in [4.69, 9.17) is 31.0 Å². The van der Waals surface area contributed by atoms with Crippen molar-refractivity contribution in [2.45, 2.75) is 0 Å². The van der Waals surface area contributed by atoms with Gasteiger partial charge in [-0.25, -0.2) is 0 Å². The summed E-state index contributed by atoms with van der Waals surface area (Å²) in [5.41, 5.74) is 0.370. The summed E-state index contributed by atoms with van der Waals surface area (Å²) in [5, 5.41) is 11.5. The number of oxime groups is 1. The molecule has 1 aromatic carbocycles. The number of nitrogens with zero attached hydrogens (tertiary/aromatic N) is 1. The molecule has 0 amide bonds. The Morgan fingerprint density at radius 2 is 1.62 bits per heavy atom. The zero-order valence-electron chi connectivity index (χ0n) is 9.15. The van der Waals surface area contributed by atoms with E-state index < -0.39 is 0 Å². The fourth-order valence-electron chi connectivity index (χ4n) is 1.26. The molecule has 0 spiro atoms. The van der Waals surface area contributed by atoms with E-state index >= 15 is 0 Å². The Labute approximate surface area is 98.2 Å². The van der Waals surface area contributed by atoms with Crippen LogP contribution in [0.25, 0.3) is 0 Å². The molecule has 0 saturated heterocycles. The fourth-order valence-corrected chi connectivity index (χ4v) is 1.45. The molecular formula is C10H12ClNO4. The largest absolute Gasteiger partial charge is 0.496 e. The Hall–Kier alpha value is -1.62. The number of ether oxygens (including phenoxy) is 3. The van der Waals surface area contributed by atoms with Gasteiger partial charge in [-0.2, -0.15) is 0 Å². The molecule has 1 N–H and O–H groups in total. The van der Waals surface area contributed by atoms with Gasteiger partial charge in [-0.15, -0.1) is 0 Å². The summed E-state index contributed by atoms with van der Waals surface area (Å²) < 4.78 is 15.3. The number of benzene rings is 1. The van der Waals surface area contributed by atoms with Gasteiger partial charge in [0.05, 0.1) is 26.9 Å². The van der Waals surface area contributed by atoms with Crippen molar-refractivity contribution in [2.75, 3.05) is 21.3 Å². The van der Waals surface area contributed by atoms with Crippen LogP contribution in [0.1, 0.15) is 5.56 Å². The van der Waals surface area contributed by atoms with Gasteiger partial charge in [0.25, 0.3) is 0 Å². The minimum absolute atomic E-state index is 0.114. The van der Waals surface area contributed by atoms with Crippen molar-refractivity contribution in [2.24, 2.45) is 5.16 Å². The first-order valence-electron chi connectivity index (χ1n) is 4.35. The van der Waals surface area contributed by atoms with Gasteiger partial charge in [-0.3, -0.25) is 0 Å². The highest BCUT2D eigenvalue weighted by molar-refractivity contribution is 6.70. The molecule has 0 radical (unpaired) electrons. The summed E-state index contributed by atoms with van der Waals surface area (Å²) in [7, 11) is 4.47. The van der Waals surface area contributed by atoms with Crippen LogP contribution < -0.4 is 14.2 Å². The van der Waals surface area contributed by atoms with Crippen LogP contribution in [0, 0.1) is 0 Å². The first kappa shape index (κ1) is 12.4. The van der Waals surface area contributed by atoms with Gasteiger partial charge < -0.3 is 19.4 Å². The molecule has 0 aliphatic rings. The van der Waals surface area contributed by atoms with E-state index in [9.17, 15) is 0 Å². The average Bonchev–Trinajstić information content (AvgIpc) is 2.35. The van der Waals surface area contributed by atoms with Crippen molar-refractivity contribution in [1.29, 1.82) is 0 Å². The Morgan fingerprint density at radius 1 is 1.12 bits per heavy atom. The zero-order chi connectivity index (χ0) is 12.1. The molecule has 0 atom stereocenters. The molecule has 1 aromatic rings. The van der Waals surface area contributed by atoms with Crippen molar-refractivity contribution >= 4 is 16.8 Å². The molecule has 16 heavy (non-hydrogen) atoms. The molecule has 0 aliphatic heterocycles. The van der Waals surface area contributed by atoms with E-state index in [1.54, 1.807) is 12.1 Å². The smallest absolute Gasteiger partial charge is 0.182 e. The van der Waals surface area contributed by atoms with Gasteiger partial charge in [-0.1, -0.05) is 16.8 Å². The van der Waals surface area contributed by atoms with Gasteiger partial charge in [0.1, 0.15) is 17.2 Å². The van der Waals surface area contributed by atoms with Crippen LogP contribution >= 0.6 is 11.6 Å². The number of halogens is 1. The number of hydrogen-bond acceptors (Lipinski definition) is 5. The topological polar surface area (TPSA) is 60.3 Å². The highest BCUT2D eigenvalue weighted by atomic mass is 35.5. The minimum Gasteiger partial charge on any atom is -0.496 e. The van der Waals surface area contributed by atoms with E-state index in [0.29, 0.717) is 22.8 Å². The molecule has 0 bridgehead atoms. The monoisotopic (exact) mass is 245 g/mol. The van der Waals surface area contributed by atoms with Crippen LogP contribution in [0.15, 0.2) is 17.3 Å². The van der Waals surface area contributed by atoms with Crippen molar-refractivity contribution in [3.63, 3.8) is 0 Å². The second kappa shape index (κ2) is 5.46. The lowest BCUT2D eigenvalue weighted by atomic mass is 10.1. The molecule has 5 nitrogen and oxygen atoms in total. The standard InChI is InChI=1S/C10H12ClNO4/c1-14-6-4-7(15-2)9(10(11)12-13)8(5-6)16-3/h4-5,13H,1-3H3/b12-10+. The highest BCUT2D eigenvalue weighted by Crippen LogP contribution is 2.35. The van der Waals surface area contributed by atoms with E-state index in [2.05, 4.69) is 5.16 Å². The molecule has 0 fully saturated rings. The number of hydrogen-bond donors (Lipinski definition) is 1. The second-order valence-electron chi connectivity index (χ2n) is 2.80. The summed E-state index contributed by atoms with van der Waals surface area (Å²) in [6, 6.07) is 3.23. The Balaban J connectivity index is 3.43. The summed E-state index contributed by atoms with van der Waals surface area (Å²) in [6.07, 6.45) is 0. The van der Waals surface area contributed by atoms with Crippen LogP contribution in [0.2, 0.25) is 0 Å². The normalized spacial score (nSPS) is 11.1. The van der Waals surface area contributed by atoms with Crippen molar-refractivity contribution < 1.29 is 19.4 Å². The molecule has 88 valence electrons. The predicted molar refractivity (Wildman–Crippen MR) is 60.3 cm³/mol. The summed E-state index contributed by atoms with van der Waals surface area (Å²) >= 11 is 5.75. The SMILES string of the molecule is COc1cc(OC)c(/C(Cl)=N\O)c(OC)c1. The maximum Gasteiger partial charge on any atom is 0.182 e. The van der Waals surface area contributed by atoms with Crippen molar-refractivity contribution in [3.05, 3.63) is 17.7 Å². The second-order valence-corrected chi connectivity index (χ2v) is 3.16. The minimum atomic E-state index is -0.114. The van der Waals surface area contributed by atoms with E-state index in [-0.39, 0.29) is 5.17 Å². The lowest BCUT2D eigenvalue weighted by molar-refractivity contribution is 0.319. The third kappa shape index (κ3) is 2.30. The Morgan fingerprint density at radius 3 is 1.94 bits per heavy atom. The van der Waals surface area contributed by atoms with Gasteiger partial charge in [-0.05, 0) is 0 Å². The van der Waals surface area contributed by atoms with Crippen LogP contribution in [-0.2, 0) is 0 Å². The third-order valence-corrected chi connectivity index (χ3v) is 2.27. The summed E-state index contributed by atoms with van der Waals surface area (Å²) in [6.45, 7) is 0. The molecule has 0 aromatic heterocycles. The van der Waals surface area contributed by atoms with Crippen LogP contribution in [0.3, 0.4) is 0 Å². The number of rotatable bonds is 4. The van der Waals surface area contributed by atoms with E-state index in [1.807, 2.05) is 0 Å². The van der Waals surface area contributed by atoms with Gasteiger partial charge in [0.2, 0.25) is 0 Å². The molecule has 1 rings (SSSR count). The zero-order valence-corrected chi connectivity index (χ0v) is 9.91. The quantitative estimate of drug-likeness (QED) is 0.501. The molecule has 0 heterocycles. The van der Waals surface area contributed by atoms with Crippen LogP contribution in [0.4, 0.5) is 0 Å². The van der Waals surface area contributed by atoms with Crippen molar-refractivity contribution in [1.82, 2.24) is 0 Å². The van der Waals surface area contributed by atoms with Crippen LogP contribution in [-0.4, -0.2) is 31.7 Å². The molecule has 0 saturated carbocycles. The lowest BCUT2D eigenvalue weighted by Crippen LogP contribution is -2.01. The Bertz CT molecular complexity index is 381. The molecule has 0 unspecified atom stereocenters. The van der Waals surface area contributed by atoms with Gasteiger partial charge in [0, 0.05) is 12.1 Å². The van der Waals surface area contributed by atoms with Gasteiger partial charge in [0.15, 0.2) is 5.17 Å². The third-order valence-electron chi connectivity index (χ3n) is 2.01. The predicted octanol–water partition coefficient (Wildman–Crippen LogP) is 2.09. The van der Waals surface area contributed by atoms with Gasteiger partial charge >= 0.3 is 0 Å². The summed E-state index contributed by atoms with van der Waals surface area (Å²) in [4.78, 5) is 0. The average molecular weight is 246 g/mol. The van der Waals surface area contributed by atoms with Crippen LogP contribution in [0.5, 0.6) is 17.2 Å². The molecular weight excluding hydrogens is 234 g/mol. The maximum absolute atomic E-state index is 8.67. The first-order valence-corrected chi connectivity index (χ1v) is 4.73. The lowest BCUT2D eigenvalue weighted by Gasteiger charge is -2.13. The maximum atomic E-state index is 8.67. The van der Waals surface area contributed by atoms with E-state index in [1.165, 1.54) is 21.3 Å². The highest BCUT2D eigenvalue weighted by Gasteiger charge is 2.17. The fraction of sp³-hybridized carbons (Fsp3) is 0.300. The number of methoxy groups -OCH3 is 3. The molecule has 6 heteroatoms. The van der Waals surface area contributed by atoms with E-state index in [0.717, 1.165) is 0 Å². The molecule has 0 aliphatic carbocycles. The first-order chi connectivity index (χ1) is 7.67. The van der Waals surface area contributed by atoms with Crippen molar-refractivity contribution in [3.8, 4) is 17.2 Å². The Kier molecular flexibility index (Phi) is 4.25. The summed E-state index contributed by atoms with van der Waals surface area (Å²) in [5.74, 6) is 1.36.